The van der Waals surface area contributed by atoms with Gasteiger partial charge >= 0.3 is 0 Å². The number of benzene rings is 1. The highest BCUT2D eigenvalue weighted by atomic mass is 16.2. The van der Waals surface area contributed by atoms with E-state index in [1.165, 1.54) is 25.7 Å². The van der Waals surface area contributed by atoms with E-state index in [9.17, 15) is 4.79 Å². The lowest BCUT2D eigenvalue weighted by molar-refractivity contribution is -0.131. The summed E-state index contributed by atoms with van der Waals surface area (Å²) in [5, 5.41) is 12.8. The Kier molecular flexibility index (Phi) is 10.2. The predicted molar refractivity (Wildman–Crippen MR) is 146 cm³/mol. The van der Waals surface area contributed by atoms with Crippen LogP contribution >= 0.6 is 0 Å². The number of amides is 1. The van der Waals surface area contributed by atoms with Crippen LogP contribution in [0.25, 0.3) is 11.3 Å². The highest BCUT2D eigenvalue weighted by Gasteiger charge is 2.21. The number of piperazine rings is 1. The van der Waals surface area contributed by atoms with Crippen molar-refractivity contribution in [2.45, 2.75) is 64.3 Å². The lowest BCUT2D eigenvalue weighted by Crippen LogP contribution is -2.49. The summed E-state index contributed by atoms with van der Waals surface area (Å²) in [5.74, 6) is 1.04. The zero-order valence-corrected chi connectivity index (χ0v) is 21.8. The van der Waals surface area contributed by atoms with Gasteiger partial charge in [0, 0.05) is 57.1 Å². The quantitative estimate of drug-likeness (QED) is 0.344. The van der Waals surface area contributed by atoms with Gasteiger partial charge in [-0.25, -0.2) is 14.6 Å². The van der Waals surface area contributed by atoms with Crippen molar-refractivity contribution >= 4 is 11.9 Å². The molecule has 0 unspecified atom stereocenters. The number of nitrogens with one attached hydrogen (secondary N) is 1. The molecule has 0 atom stereocenters. The van der Waals surface area contributed by atoms with Crippen molar-refractivity contribution in [1.29, 1.82) is 5.41 Å². The number of unbranched alkanes of at least 4 members (excludes halogenated alkanes) is 7. The Morgan fingerprint density at radius 3 is 2.11 bits per heavy atom. The average molecular weight is 502 g/mol. The average Bonchev–Trinajstić information content (AvgIpc) is 2.96. The molecule has 0 bridgehead atoms. The van der Waals surface area contributed by atoms with Crippen molar-refractivity contribution in [3.8, 4) is 11.3 Å². The summed E-state index contributed by atoms with van der Waals surface area (Å²) in [7, 11) is 0. The number of anilines is 1. The van der Waals surface area contributed by atoms with E-state index in [0.29, 0.717) is 11.9 Å². The summed E-state index contributed by atoms with van der Waals surface area (Å²) in [6, 6.07) is 15.7. The monoisotopic (exact) mass is 501 g/mol. The van der Waals surface area contributed by atoms with Crippen LogP contribution in [-0.2, 0) is 11.3 Å². The molecule has 0 saturated carbocycles. The maximum Gasteiger partial charge on any atom is 0.225 e. The normalized spacial score (nSPS) is 13.6. The Labute approximate surface area is 219 Å². The molecule has 1 amide bonds. The van der Waals surface area contributed by atoms with Gasteiger partial charge in [-0.05, 0) is 31.0 Å². The fraction of sp³-hybridized carbons (Fsp3) is 0.483. The van der Waals surface area contributed by atoms with Crippen molar-refractivity contribution < 1.29 is 4.79 Å². The Morgan fingerprint density at radius 2 is 1.41 bits per heavy atom. The number of carbonyl (C=O) groups excluding carboxylic acids is 1. The van der Waals surface area contributed by atoms with Crippen molar-refractivity contribution in [3.63, 3.8) is 0 Å². The van der Waals surface area contributed by atoms with Crippen LogP contribution in [0.1, 0.15) is 57.8 Å². The summed E-state index contributed by atoms with van der Waals surface area (Å²) in [6.45, 7) is 3.89. The molecule has 4 rings (SSSR count). The molecule has 1 N–H and O–H groups in total. The number of aromatic nitrogens is 4. The van der Waals surface area contributed by atoms with E-state index in [-0.39, 0.29) is 5.91 Å². The second-order valence-corrected chi connectivity index (χ2v) is 9.69. The summed E-state index contributed by atoms with van der Waals surface area (Å²) < 4.78 is 1.81. The molecule has 3 aromatic rings. The van der Waals surface area contributed by atoms with Gasteiger partial charge in [0.05, 0.1) is 5.69 Å². The van der Waals surface area contributed by atoms with Crippen LogP contribution in [0.4, 0.5) is 5.95 Å². The van der Waals surface area contributed by atoms with Crippen LogP contribution < -0.4 is 10.4 Å². The number of carbonyl (C=O) groups is 1. The van der Waals surface area contributed by atoms with Gasteiger partial charge in [-0.1, -0.05) is 68.9 Å². The third kappa shape index (κ3) is 8.23. The second kappa shape index (κ2) is 14.3. The zero-order valence-electron chi connectivity index (χ0n) is 21.8. The van der Waals surface area contributed by atoms with E-state index in [0.717, 1.165) is 75.6 Å². The Hall–Kier alpha value is -3.55. The van der Waals surface area contributed by atoms with Crippen LogP contribution in [0, 0.1) is 5.41 Å². The molecule has 1 fully saturated rings. The van der Waals surface area contributed by atoms with Crippen molar-refractivity contribution in [2.24, 2.45) is 0 Å². The first-order valence-electron chi connectivity index (χ1n) is 13.7. The molecule has 3 heterocycles. The standard InChI is InChI=1S/C29H39N7O/c30-27-17-16-26(25-13-8-7-9-14-25)33-36(27)20-11-6-4-2-1-3-5-10-15-28(37)34-21-23-35(24-22-34)29-31-18-12-19-32-29/h7-9,12-14,16-19,30H,1-6,10-11,15,20-24H2. The smallest absolute Gasteiger partial charge is 0.225 e. The number of rotatable bonds is 13. The summed E-state index contributed by atoms with van der Waals surface area (Å²) >= 11 is 0. The summed E-state index contributed by atoms with van der Waals surface area (Å²) in [6.07, 6.45) is 13.3. The predicted octanol–water partition coefficient (Wildman–Crippen LogP) is 4.68. The van der Waals surface area contributed by atoms with Gasteiger partial charge in [0.25, 0.3) is 0 Å². The van der Waals surface area contributed by atoms with Gasteiger partial charge in [0.15, 0.2) is 0 Å². The fourth-order valence-corrected chi connectivity index (χ4v) is 4.76. The molecule has 0 radical (unpaired) electrons. The van der Waals surface area contributed by atoms with E-state index < -0.39 is 0 Å². The van der Waals surface area contributed by atoms with E-state index in [1.807, 2.05) is 46.0 Å². The molecular formula is C29H39N7O. The molecule has 1 saturated heterocycles. The summed E-state index contributed by atoms with van der Waals surface area (Å²) in [4.78, 5) is 25.3. The van der Waals surface area contributed by atoms with Crippen LogP contribution in [-0.4, -0.2) is 56.7 Å². The zero-order chi connectivity index (χ0) is 25.7. The van der Waals surface area contributed by atoms with E-state index >= 15 is 0 Å². The number of hydrogen-bond donors (Lipinski definition) is 1. The largest absolute Gasteiger partial charge is 0.339 e. The molecule has 37 heavy (non-hydrogen) atoms. The highest BCUT2D eigenvalue weighted by Crippen LogP contribution is 2.15. The molecule has 1 aromatic carbocycles. The second-order valence-electron chi connectivity index (χ2n) is 9.69. The van der Waals surface area contributed by atoms with Gasteiger partial charge in [0.1, 0.15) is 5.49 Å². The molecule has 1 aliphatic rings. The third-order valence-corrected chi connectivity index (χ3v) is 6.95. The molecule has 2 aromatic heterocycles. The maximum atomic E-state index is 12.5. The summed E-state index contributed by atoms with van der Waals surface area (Å²) in [5.41, 5.74) is 2.46. The highest BCUT2D eigenvalue weighted by molar-refractivity contribution is 5.76. The molecule has 1 aliphatic heterocycles. The third-order valence-electron chi connectivity index (χ3n) is 6.95. The van der Waals surface area contributed by atoms with Crippen molar-refractivity contribution in [1.82, 2.24) is 24.6 Å². The van der Waals surface area contributed by atoms with E-state index in [4.69, 9.17) is 5.41 Å². The molecule has 0 spiro atoms. The number of hydrogen-bond acceptors (Lipinski definition) is 6. The minimum absolute atomic E-state index is 0.282. The van der Waals surface area contributed by atoms with Crippen molar-refractivity contribution in [2.75, 3.05) is 31.1 Å². The fourth-order valence-electron chi connectivity index (χ4n) is 4.76. The van der Waals surface area contributed by atoms with Crippen molar-refractivity contribution in [3.05, 3.63) is 66.4 Å². The first kappa shape index (κ1) is 26.5. The van der Waals surface area contributed by atoms with Gasteiger partial charge in [-0.3, -0.25) is 10.2 Å². The van der Waals surface area contributed by atoms with Crippen LogP contribution in [0.5, 0.6) is 0 Å². The van der Waals surface area contributed by atoms with Gasteiger partial charge in [-0.2, -0.15) is 5.10 Å². The Bertz CT molecular complexity index is 1140. The van der Waals surface area contributed by atoms with Crippen LogP contribution in [0.15, 0.2) is 60.9 Å². The lowest BCUT2D eigenvalue weighted by Gasteiger charge is -2.34. The SMILES string of the molecule is N=c1ccc(-c2ccccc2)nn1CCCCCCCCCCC(=O)N1CCN(c2ncccn2)CC1. The first-order chi connectivity index (χ1) is 18.2. The first-order valence-corrected chi connectivity index (χ1v) is 13.7. The topological polar surface area (TPSA) is 91.0 Å². The van der Waals surface area contributed by atoms with Gasteiger partial charge in [-0.15, -0.1) is 0 Å². The molecule has 8 nitrogen and oxygen atoms in total. The molecule has 0 aliphatic carbocycles. The Balaban J connectivity index is 1.02. The molecule has 196 valence electrons. The maximum absolute atomic E-state index is 12.5. The van der Waals surface area contributed by atoms with E-state index in [2.05, 4.69) is 32.1 Å². The Morgan fingerprint density at radius 1 is 0.757 bits per heavy atom. The van der Waals surface area contributed by atoms with Gasteiger partial charge < -0.3 is 9.80 Å². The minimum Gasteiger partial charge on any atom is -0.339 e. The van der Waals surface area contributed by atoms with Crippen LogP contribution in [0.2, 0.25) is 0 Å². The molecule has 8 heteroatoms. The molecular weight excluding hydrogens is 462 g/mol. The van der Waals surface area contributed by atoms with Gasteiger partial charge in [0.2, 0.25) is 11.9 Å². The number of nitrogens with zero attached hydrogens (tertiary/aromatic N) is 6. The van der Waals surface area contributed by atoms with E-state index in [1.54, 1.807) is 12.4 Å². The number of aryl methyl sites for hydroxylation is 1. The van der Waals surface area contributed by atoms with Crippen LogP contribution in [0.3, 0.4) is 0 Å². The lowest BCUT2D eigenvalue weighted by atomic mass is 10.1. The minimum atomic E-state index is 0.282.